The molecule has 0 radical (unpaired) electrons. The molecule has 100 valence electrons. The summed E-state index contributed by atoms with van der Waals surface area (Å²) in [4.78, 5) is 3.82. The van der Waals surface area contributed by atoms with Crippen LogP contribution in [-0.2, 0) is 4.74 Å². The zero-order valence-corrected chi connectivity index (χ0v) is 9.29. The lowest BCUT2D eigenvalue weighted by atomic mass is 10.1. The Morgan fingerprint density at radius 2 is 2.22 bits per heavy atom. The molecule has 4 atom stereocenters. The van der Waals surface area contributed by atoms with Crippen molar-refractivity contribution in [2.45, 2.75) is 24.5 Å². The predicted molar refractivity (Wildman–Crippen MR) is 57.9 cm³/mol. The number of amidine groups is 1. The number of aliphatic hydroxyl groups excluding tert-OH is 3. The fraction of sp³-hybridized carbons (Fsp3) is 0.625. The van der Waals surface area contributed by atoms with E-state index in [0.29, 0.717) is 0 Å². The summed E-state index contributed by atoms with van der Waals surface area (Å²) in [6.45, 7) is -0.414. The quantitative estimate of drug-likeness (QED) is 0.161. The second-order valence-corrected chi connectivity index (χ2v) is 3.79. The van der Waals surface area contributed by atoms with Crippen LogP contribution in [0.2, 0.25) is 0 Å². The highest BCUT2D eigenvalue weighted by atomic mass is 16.6. The molecule has 10 heteroatoms. The van der Waals surface area contributed by atoms with Crippen molar-refractivity contribution in [2.24, 2.45) is 16.7 Å². The lowest BCUT2D eigenvalue weighted by Crippen LogP contribution is -2.33. The van der Waals surface area contributed by atoms with Gasteiger partial charge >= 0.3 is 0 Å². The first kappa shape index (κ1) is 12.7. The van der Waals surface area contributed by atoms with Gasteiger partial charge in [0.2, 0.25) is 5.82 Å². The van der Waals surface area contributed by atoms with E-state index in [4.69, 9.17) is 21.4 Å². The minimum Gasteiger partial charge on any atom is -0.394 e. The molecule has 10 nitrogen and oxygen atoms in total. The minimum atomic E-state index is -1.23. The summed E-state index contributed by atoms with van der Waals surface area (Å²) in [6, 6.07) is 0. The highest BCUT2D eigenvalue weighted by Crippen LogP contribution is 2.28. The van der Waals surface area contributed by atoms with Crippen molar-refractivity contribution < 1.29 is 20.1 Å². The van der Waals surface area contributed by atoms with Crippen LogP contribution in [0.5, 0.6) is 0 Å². The van der Waals surface area contributed by atoms with Crippen molar-refractivity contribution in [2.75, 3.05) is 6.61 Å². The van der Waals surface area contributed by atoms with Gasteiger partial charge in [-0.25, -0.2) is 9.67 Å². The third-order valence-electron chi connectivity index (χ3n) is 2.65. The highest BCUT2D eigenvalue weighted by molar-refractivity contribution is 5.93. The van der Waals surface area contributed by atoms with E-state index in [9.17, 15) is 10.2 Å². The number of nitrogens with zero attached hydrogens (tertiary/aromatic N) is 4. The van der Waals surface area contributed by atoms with Gasteiger partial charge in [0.1, 0.15) is 24.6 Å². The number of hydrogen-bond donors (Lipinski definition) is 5. The maximum atomic E-state index is 9.76. The second-order valence-electron chi connectivity index (χ2n) is 3.79. The molecule has 0 aromatic carbocycles. The van der Waals surface area contributed by atoms with Gasteiger partial charge < -0.3 is 31.6 Å². The first-order chi connectivity index (χ1) is 8.58. The average Bonchev–Trinajstić information content (AvgIpc) is 2.96. The van der Waals surface area contributed by atoms with Crippen molar-refractivity contribution in [3.8, 4) is 0 Å². The number of hydrogen-bond acceptors (Lipinski definition) is 8. The molecule has 0 amide bonds. The maximum Gasteiger partial charge on any atom is 0.218 e. The van der Waals surface area contributed by atoms with Crippen molar-refractivity contribution in [3.05, 3.63) is 12.2 Å². The fourth-order valence-electron chi connectivity index (χ4n) is 1.67. The van der Waals surface area contributed by atoms with E-state index in [-0.39, 0.29) is 11.7 Å². The molecular formula is C8H14N6O4. The smallest absolute Gasteiger partial charge is 0.218 e. The Morgan fingerprint density at radius 1 is 1.50 bits per heavy atom. The fourth-order valence-corrected chi connectivity index (χ4v) is 1.67. The normalized spacial score (nSPS) is 32.9. The van der Waals surface area contributed by atoms with Crippen LogP contribution in [-0.4, -0.2) is 60.8 Å². The molecule has 1 aliphatic rings. The van der Waals surface area contributed by atoms with Gasteiger partial charge in [-0.1, -0.05) is 0 Å². The zero-order valence-electron chi connectivity index (χ0n) is 9.29. The SMILES string of the molecule is N/N=C(/N)c1ncn([C@@H]2O[C@H](CO)[C@@H](O)[C@H]2O)n1. The minimum absolute atomic E-state index is 0.0690. The standard InChI is InChI=1S/C8H14N6O4/c9-6(12-10)7-11-2-14(13-7)8-5(17)4(16)3(1-15)18-8/h2-5,8,15-17H,1,10H2,(H2,9,12)/t3-,4-,5-,8-/m1/s1. The Labute approximate surface area is 101 Å². The van der Waals surface area contributed by atoms with Crippen LogP contribution >= 0.6 is 0 Å². The number of aromatic nitrogens is 3. The molecular weight excluding hydrogens is 244 g/mol. The van der Waals surface area contributed by atoms with E-state index in [0.717, 1.165) is 0 Å². The van der Waals surface area contributed by atoms with E-state index < -0.39 is 31.1 Å². The highest BCUT2D eigenvalue weighted by Gasteiger charge is 2.43. The molecule has 0 saturated carbocycles. The zero-order chi connectivity index (χ0) is 13.3. The summed E-state index contributed by atoms with van der Waals surface area (Å²) in [5.41, 5.74) is 5.42. The third-order valence-corrected chi connectivity index (χ3v) is 2.65. The molecule has 1 aliphatic heterocycles. The van der Waals surface area contributed by atoms with Gasteiger partial charge in [-0.3, -0.25) is 0 Å². The first-order valence-corrected chi connectivity index (χ1v) is 5.15. The van der Waals surface area contributed by atoms with E-state index >= 15 is 0 Å². The van der Waals surface area contributed by atoms with Gasteiger partial charge in [0.05, 0.1) is 6.61 Å². The van der Waals surface area contributed by atoms with Crippen molar-refractivity contribution >= 4 is 5.84 Å². The van der Waals surface area contributed by atoms with Crippen molar-refractivity contribution in [1.82, 2.24) is 14.8 Å². The van der Waals surface area contributed by atoms with E-state index in [2.05, 4.69) is 15.2 Å². The summed E-state index contributed by atoms with van der Waals surface area (Å²) in [5, 5.41) is 35.4. The Morgan fingerprint density at radius 3 is 2.78 bits per heavy atom. The van der Waals surface area contributed by atoms with E-state index in [1.54, 1.807) is 0 Å². The Bertz CT molecular complexity index is 449. The van der Waals surface area contributed by atoms with Gasteiger partial charge in [-0.15, -0.1) is 5.10 Å². The molecule has 0 unspecified atom stereocenters. The molecule has 0 spiro atoms. The topological polar surface area (TPSA) is 165 Å². The number of rotatable bonds is 3. The first-order valence-electron chi connectivity index (χ1n) is 5.15. The Balaban J connectivity index is 2.20. The molecule has 0 bridgehead atoms. The lowest BCUT2D eigenvalue weighted by Gasteiger charge is -2.13. The summed E-state index contributed by atoms with van der Waals surface area (Å²) in [5.74, 6) is 4.99. The van der Waals surface area contributed by atoms with Gasteiger partial charge in [0.15, 0.2) is 12.1 Å². The van der Waals surface area contributed by atoms with Crippen LogP contribution < -0.4 is 11.6 Å². The molecule has 1 saturated heterocycles. The molecule has 1 aromatic heterocycles. The van der Waals surface area contributed by atoms with Crippen molar-refractivity contribution in [3.63, 3.8) is 0 Å². The lowest BCUT2D eigenvalue weighted by molar-refractivity contribution is -0.0588. The summed E-state index contributed by atoms with van der Waals surface area (Å²) in [7, 11) is 0. The molecule has 7 N–H and O–H groups in total. The van der Waals surface area contributed by atoms with E-state index in [1.165, 1.54) is 11.0 Å². The average molecular weight is 258 g/mol. The summed E-state index contributed by atoms with van der Waals surface area (Å²) < 4.78 is 6.42. The summed E-state index contributed by atoms with van der Waals surface area (Å²) in [6.07, 6.45) is -3.00. The van der Waals surface area contributed by atoms with Gasteiger partial charge in [-0.05, 0) is 0 Å². The van der Waals surface area contributed by atoms with Crippen LogP contribution in [0.4, 0.5) is 0 Å². The Hall–Kier alpha value is -1.75. The maximum absolute atomic E-state index is 9.76. The van der Waals surface area contributed by atoms with Gasteiger partial charge in [-0.2, -0.15) is 5.10 Å². The molecule has 2 rings (SSSR count). The Kier molecular flexibility index (Phi) is 3.43. The van der Waals surface area contributed by atoms with Gasteiger partial charge in [0.25, 0.3) is 0 Å². The molecule has 1 fully saturated rings. The second kappa shape index (κ2) is 4.86. The third kappa shape index (κ3) is 2.01. The number of ether oxygens (including phenoxy) is 1. The molecule has 18 heavy (non-hydrogen) atoms. The summed E-state index contributed by atoms with van der Waals surface area (Å²) >= 11 is 0. The number of hydrazone groups is 1. The van der Waals surface area contributed by atoms with Gasteiger partial charge in [0, 0.05) is 0 Å². The number of aliphatic hydroxyl groups is 3. The number of nitrogens with two attached hydrogens (primary N) is 2. The molecule has 1 aromatic rings. The predicted octanol–water partition coefficient (Wildman–Crippen LogP) is -3.53. The molecule has 2 heterocycles. The largest absolute Gasteiger partial charge is 0.394 e. The van der Waals surface area contributed by atoms with Crippen LogP contribution in [0.15, 0.2) is 11.4 Å². The van der Waals surface area contributed by atoms with Crippen LogP contribution in [0.25, 0.3) is 0 Å². The monoisotopic (exact) mass is 258 g/mol. The van der Waals surface area contributed by atoms with Crippen LogP contribution in [0.1, 0.15) is 12.1 Å². The van der Waals surface area contributed by atoms with Crippen molar-refractivity contribution in [1.29, 1.82) is 0 Å². The van der Waals surface area contributed by atoms with E-state index in [1.807, 2.05) is 0 Å². The van der Waals surface area contributed by atoms with Crippen LogP contribution in [0, 0.1) is 0 Å². The van der Waals surface area contributed by atoms with Crippen LogP contribution in [0.3, 0.4) is 0 Å². The molecule has 0 aliphatic carbocycles.